The lowest BCUT2D eigenvalue weighted by molar-refractivity contribution is -0.384. The van der Waals surface area contributed by atoms with E-state index in [2.05, 4.69) is 5.32 Å². The molecular formula is C15H19N3O5. The molecular weight excluding hydrogens is 302 g/mol. The summed E-state index contributed by atoms with van der Waals surface area (Å²) in [5, 5.41) is 22.6. The molecule has 2 rings (SSSR count). The molecule has 1 aromatic carbocycles. The third-order valence-corrected chi connectivity index (χ3v) is 3.85. The van der Waals surface area contributed by atoms with E-state index < -0.39 is 16.8 Å². The van der Waals surface area contributed by atoms with Crippen molar-refractivity contribution < 1.29 is 19.6 Å². The Labute approximate surface area is 133 Å². The number of amides is 1. The van der Waals surface area contributed by atoms with Gasteiger partial charge in [-0.15, -0.1) is 0 Å². The fraction of sp³-hybridized carbons (Fsp3) is 0.467. The van der Waals surface area contributed by atoms with Gasteiger partial charge in [0.15, 0.2) is 0 Å². The second-order valence-corrected chi connectivity index (χ2v) is 5.74. The summed E-state index contributed by atoms with van der Waals surface area (Å²) in [5.74, 6) is -1.71. The van der Waals surface area contributed by atoms with Crippen LogP contribution in [0.3, 0.4) is 0 Å². The van der Waals surface area contributed by atoms with E-state index in [0.29, 0.717) is 19.5 Å². The number of aliphatic carboxylic acids is 1. The Morgan fingerprint density at radius 3 is 2.87 bits per heavy atom. The van der Waals surface area contributed by atoms with Crippen LogP contribution < -0.4 is 5.32 Å². The number of benzene rings is 1. The van der Waals surface area contributed by atoms with Crippen molar-refractivity contribution in [3.63, 3.8) is 0 Å². The van der Waals surface area contributed by atoms with E-state index >= 15 is 0 Å². The van der Waals surface area contributed by atoms with Gasteiger partial charge in [0.2, 0.25) is 5.91 Å². The number of carbonyl (C=O) groups excluding carboxylic acids is 1. The maximum Gasteiger partial charge on any atom is 0.307 e. The first kappa shape index (κ1) is 16.9. The number of aryl methyl sites for hydroxylation is 1. The number of carboxylic acids is 1. The van der Waals surface area contributed by atoms with Crippen molar-refractivity contribution >= 4 is 23.3 Å². The van der Waals surface area contributed by atoms with E-state index in [9.17, 15) is 19.7 Å². The molecule has 8 nitrogen and oxygen atoms in total. The van der Waals surface area contributed by atoms with Gasteiger partial charge < -0.3 is 10.4 Å². The molecule has 0 bridgehead atoms. The number of carboxylic acid groups (broad SMARTS) is 1. The number of nitrogens with one attached hydrogen (secondary N) is 1. The van der Waals surface area contributed by atoms with Gasteiger partial charge >= 0.3 is 5.97 Å². The van der Waals surface area contributed by atoms with Gasteiger partial charge in [0.25, 0.3) is 5.69 Å². The van der Waals surface area contributed by atoms with Crippen LogP contribution in [0.1, 0.15) is 18.4 Å². The highest BCUT2D eigenvalue weighted by Gasteiger charge is 2.26. The molecule has 124 valence electrons. The Hall–Kier alpha value is -2.48. The monoisotopic (exact) mass is 321 g/mol. The largest absolute Gasteiger partial charge is 0.481 e. The predicted octanol–water partition coefficient (Wildman–Crippen LogP) is 1.64. The van der Waals surface area contributed by atoms with Crippen LogP contribution in [0.5, 0.6) is 0 Å². The Morgan fingerprint density at radius 2 is 2.22 bits per heavy atom. The molecule has 1 saturated heterocycles. The zero-order valence-electron chi connectivity index (χ0n) is 12.8. The van der Waals surface area contributed by atoms with Gasteiger partial charge in [0, 0.05) is 12.6 Å². The molecule has 23 heavy (non-hydrogen) atoms. The Kier molecular flexibility index (Phi) is 5.28. The van der Waals surface area contributed by atoms with Crippen molar-refractivity contribution in [2.45, 2.75) is 19.8 Å². The van der Waals surface area contributed by atoms with E-state index in [-0.39, 0.29) is 23.8 Å². The molecule has 1 aromatic rings. The molecule has 0 radical (unpaired) electrons. The van der Waals surface area contributed by atoms with Crippen LogP contribution in [-0.2, 0) is 9.59 Å². The van der Waals surface area contributed by atoms with Crippen molar-refractivity contribution in [1.82, 2.24) is 4.90 Å². The fourth-order valence-electron chi connectivity index (χ4n) is 2.69. The predicted molar refractivity (Wildman–Crippen MR) is 83.3 cm³/mol. The summed E-state index contributed by atoms with van der Waals surface area (Å²) in [6.45, 7) is 2.72. The number of likely N-dealkylation sites (tertiary alicyclic amines) is 1. The van der Waals surface area contributed by atoms with Gasteiger partial charge in [-0.1, -0.05) is 6.07 Å². The normalized spacial score (nSPS) is 18.4. The van der Waals surface area contributed by atoms with Crippen LogP contribution >= 0.6 is 0 Å². The highest BCUT2D eigenvalue weighted by molar-refractivity contribution is 5.94. The van der Waals surface area contributed by atoms with Crippen molar-refractivity contribution in [3.8, 4) is 0 Å². The third-order valence-electron chi connectivity index (χ3n) is 3.85. The molecule has 1 amide bonds. The Balaban J connectivity index is 2.00. The van der Waals surface area contributed by atoms with Crippen LogP contribution in [0.25, 0.3) is 0 Å². The average molecular weight is 321 g/mol. The van der Waals surface area contributed by atoms with Gasteiger partial charge in [0.05, 0.1) is 17.4 Å². The first-order valence-electron chi connectivity index (χ1n) is 7.37. The molecule has 1 atom stereocenters. The molecule has 0 aromatic heterocycles. The number of nitrogens with zero attached hydrogens (tertiary/aromatic N) is 2. The summed E-state index contributed by atoms with van der Waals surface area (Å²) in [6, 6.07) is 4.59. The maximum atomic E-state index is 12.1. The van der Waals surface area contributed by atoms with E-state index in [0.717, 1.165) is 12.0 Å². The maximum absolute atomic E-state index is 12.1. The van der Waals surface area contributed by atoms with Gasteiger partial charge in [0.1, 0.15) is 5.69 Å². The summed E-state index contributed by atoms with van der Waals surface area (Å²) in [5.41, 5.74) is 0.729. The molecule has 0 spiro atoms. The molecule has 2 N–H and O–H groups in total. The zero-order valence-corrected chi connectivity index (χ0v) is 12.8. The molecule has 1 aliphatic heterocycles. The summed E-state index contributed by atoms with van der Waals surface area (Å²) >= 11 is 0. The van der Waals surface area contributed by atoms with Crippen molar-refractivity contribution in [1.29, 1.82) is 0 Å². The molecule has 1 fully saturated rings. The topological polar surface area (TPSA) is 113 Å². The third kappa shape index (κ3) is 4.49. The number of nitro groups is 1. The van der Waals surface area contributed by atoms with Gasteiger partial charge in [-0.2, -0.15) is 0 Å². The lowest BCUT2D eigenvalue weighted by Gasteiger charge is -2.29. The smallest absolute Gasteiger partial charge is 0.307 e. The van der Waals surface area contributed by atoms with Crippen LogP contribution in [0, 0.1) is 23.0 Å². The van der Waals surface area contributed by atoms with Crippen molar-refractivity contribution in [3.05, 3.63) is 33.9 Å². The van der Waals surface area contributed by atoms with Gasteiger partial charge in [-0.3, -0.25) is 24.6 Å². The molecule has 0 saturated carbocycles. The molecule has 0 aliphatic carbocycles. The summed E-state index contributed by atoms with van der Waals surface area (Å²) in [7, 11) is 0. The highest BCUT2D eigenvalue weighted by atomic mass is 16.6. The van der Waals surface area contributed by atoms with Gasteiger partial charge in [-0.25, -0.2) is 0 Å². The molecule has 1 heterocycles. The number of rotatable bonds is 5. The van der Waals surface area contributed by atoms with E-state index in [1.165, 1.54) is 12.1 Å². The van der Waals surface area contributed by atoms with E-state index in [4.69, 9.17) is 5.11 Å². The SMILES string of the molecule is Cc1ccc(NC(=O)CN2CCCC(C(=O)O)C2)c([N+](=O)[O-])c1. The average Bonchev–Trinajstić information content (AvgIpc) is 2.49. The second kappa shape index (κ2) is 7.19. The van der Waals surface area contributed by atoms with E-state index in [1.807, 2.05) is 0 Å². The Morgan fingerprint density at radius 1 is 1.48 bits per heavy atom. The standard InChI is InChI=1S/C15H19N3O5/c1-10-4-5-12(13(7-10)18(22)23)16-14(19)9-17-6-2-3-11(8-17)15(20)21/h4-5,7,11H,2-3,6,8-9H2,1H3,(H,16,19)(H,20,21). The van der Waals surface area contributed by atoms with Crippen molar-refractivity contribution in [2.75, 3.05) is 25.0 Å². The number of hydrogen-bond acceptors (Lipinski definition) is 5. The Bertz CT molecular complexity index is 632. The van der Waals surface area contributed by atoms with Crippen molar-refractivity contribution in [2.24, 2.45) is 5.92 Å². The lowest BCUT2D eigenvalue weighted by Crippen LogP contribution is -2.42. The summed E-state index contributed by atoms with van der Waals surface area (Å²) in [6.07, 6.45) is 1.33. The number of anilines is 1. The van der Waals surface area contributed by atoms with Crippen LogP contribution in [0.15, 0.2) is 18.2 Å². The fourth-order valence-corrected chi connectivity index (χ4v) is 2.69. The molecule has 1 unspecified atom stereocenters. The number of hydrogen-bond donors (Lipinski definition) is 2. The number of nitro benzene ring substituents is 1. The minimum Gasteiger partial charge on any atom is -0.481 e. The van der Waals surface area contributed by atoms with Crippen LogP contribution in [0.4, 0.5) is 11.4 Å². The number of carbonyl (C=O) groups is 2. The zero-order chi connectivity index (χ0) is 17.0. The van der Waals surface area contributed by atoms with Crippen LogP contribution in [0.2, 0.25) is 0 Å². The molecule has 8 heteroatoms. The first-order valence-corrected chi connectivity index (χ1v) is 7.37. The quantitative estimate of drug-likeness (QED) is 0.629. The second-order valence-electron chi connectivity index (χ2n) is 5.74. The van der Waals surface area contributed by atoms with Crippen LogP contribution in [-0.4, -0.2) is 46.4 Å². The minimum atomic E-state index is -0.857. The van der Waals surface area contributed by atoms with E-state index in [1.54, 1.807) is 17.9 Å². The first-order chi connectivity index (χ1) is 10.9. The summed E-state index contributed by atoms with van der Waals surface area (Å²) < 4.78 is 0. The number of piperidine rings is 1. The minimum absolute atomic E-state index is 0.0226. The highest BCUT2D eigenvalue weighted by Crippen LogP contribution is 2.25. The summed E-state index contributed by atoms with van der Waals surface area (Å²) in [4.78, 5) is 35.4. The molecule has 1 aliphatic rings. The van der Waals surface area contributed by atoms with Gasteiger partial charge in [-0.05, 0) is 37.9 Å². The lowest BCUT2D eigenvalue weighted by atomic mass is 9.98.